The van der Waals surface area contributed by atoms with E-state index in [0.29, 0.717) is 12.1 Å². The lowest BCUT2D eigenvalue weighted by Gasteiger charge is -2.30. The van der Waals surface area contributed by atoms with Crippen LogP contribution in [0.5, 0.6) is 0 Å². The second-order valence-electron chi connectivity index (χ2n) is 7.01. The Kier molecular flexibility index (Phi) is 4.08. The smallest absolute Gasteiger partial charge is 0.272 e. The molecular weight excluding hydrogens is 300 g/mol. The zero-order valence-electron chi connectivity index (χ0n) is 14.1. The average molecular weight is 324 g/mol. The first kappa shape index (κ1) is 15.4. The van der Waals surface area contributed by atoms with Gasteiger partial charge < -0.3 is 4.90 Å². The van der Waals surface area contributed by atoms with E-state index >= 15 is 0 Å². The topological polar surface area (TPSA) is 51.0 Å². The molecule has 0 aromatic carbocycles. The summed E-state index contributed by atoms with van der Waals surface area (Å²) in [6.07, 6.45) is 12.3. The largest absolute Gasteiger partial charge is 0.328 e. The van der Waals surface area contributed by atoms with Gasteiger partial charge in [-0.1, -0.05) is 18.9 Å². The Morgan fingerprint density at radius 3 is 2.67 bits per heavy atom. The number of carbonyl (C=O) groups excluding carboxylic acids is 1. The molecule has 1 amide bonds. The lowest BCUT2D eigenvalue weighted by atomic mass is 10.1. The predicted molar refractivity (Wildman–Crippen MR) is 91.6 cm³/mol. The SMILES string of the molecule is C[C@@H](c1cccnc1)N(C(=O)c1ccnn1C1CCCC1)C1CC1. The number of hydrogen-bond acceptors (Lipinski definition) is 3. The van der Waals surface area contributed by atoms with Gasteiger partial charge in [0.15, 0.2) is 0 Å². The van der Waals surface area contributed by atoms with Crippen LogP contribution in [-0.4, -0.2) is 31.6 Å². The Morgan fingerprint density at radius 2 is 2.00 bits per heavy atom. The normalized spacial score (nSPS) is 19.4. The molecule has 4 rings (SSSR count). The quantitative estimate of drug-likeness (QED) is 0.841. The molecule has 0 N–H and O–H groups in total. The number of carbonyl (C=O) groups is 1. The Morgan fingerprint density at radius 1 is 1.21 bits per heavy atom. The fraction of sp³-hybridized carbons (Fsp3) is 0.526. The number of nitrogens with zero attached hydrogens (tertiary/aromatic N) is 4. The van der Waals surface area contributed by atoms with Gasteiger partial charge >= 0.3 is 0 Å². The minimum absolute atomic E-state index is 0.0330. The highest BCUT2D eigenvalue weighted by Crippen LogP contribution is 2.36. The molecule has 24 heavy (non-hydrogen) atoms. The van der Waals surface area contributed by atoms with E-state index in [2.05, 4.69) is 23.1 Å². The van der Waals surface area contributed by atoms with Crippen molar-refractivity contribution in [1.82, 2.24) is 19.7 Å². The van der Waals surface area contributed by atoms with Crippen LogP contribution in [0.2, 0.25) is 0 Å². The van der Waals surface area contributed by atoms with Gasteiger partial charge in [-0.15, -0.1) is 0 Å². The summed E-state index contributed by atoms with van der Waals surface area (Å²) in [7, 11) is 0. The van der Waals surface area contributed by atoms with Crippen LogP contribution in [0.3, 0.4) is 0 Å². The van der Waals surface area contributed by atoms with Crippen LogP contribution < -0.4 is 0 Å². The molecule has 2 aromatic heterocycles. The van der Waals surface area contributed by atoms with Crippen LogP contribution >= 0.6 is 0 Å². The van der Waals surface area contributed by atoms with E-state index in [-0.39, 0.29) is 11.9 Å². The maximum atomic E-state index is 13.3. The molecular formula is C19H24N4O. The minimum Gasteiger partial charge on any atom is -0.328 e. The standard InChI is InChI=1S/C19H24N4O/c1-14(15-5-4-11-20-13-15)22(16-8-9-16)19(24)18-10-12-21-23(18)17-6-2-3-7-17/h4-5,10-14,16-17H,2-3,6-9H2,1H3/t14-/m0/s1. The summed E-state index contributed by atoms with van der Waals surface area (Å²) < 4.78 is 1.97. The van der Waals surface area contributed by atoms with Crippen LogP contribution in [0.1, 0.15) is 73.6 Å². The molecule has 0 bridgehead atoms. The third-order valence-corrected chi connectivity index (χ3v) is 5.32. The van der Waals surface area contributed by atoms with Gasteiger partial charge in [0.2, 0.25) is 0 Å². The second kappa shape index (κ2) is 6.38. The molecule has 0 saturated heterocycles. The van der Waals surface area contributed by atoms with Crippen LogP contribution in [0.25, 0.3) is 0 Å². The maximum Gasteiger partial charge on any atom is 0.272 e. The van der Waals surface area contributed by atoms with Crippen LogP contribution in [0.15, 0.2) is 36.8 Å². The highest BCUT2D eigenvalue weighted by Gasteiger charge is 2.38. The van der Waals surface area contributed by atoms with Gasteiger partial charge in [0, 0.05) is 24.6 Å². The van der Waals surface area contributed by atoms with E-state index in [4.69, 9.17) is 0 Å². The first-order chi connectivity index (χ1) is 11.8. The highest BCUT2D eigenvalue weighted by molar-refractivity contribution is 5.93. The first-order valence-corrected chi connectivity index (χ1v) is 9.02. The summed E-state index contributed by atoms with van der Waals surface area (Å²) in [4.78, 5) is 19.6. The van der Waals surface area contributed by atoms with Crippen molar-refractivity contribution in [2.75, 3.05) is 0 Å². The zero-order valence-corrected chi connectivity index (χ0v) is 14.1. The Bertz CT molecular complexity index is 701. The van der Waals surface area contributed by atoms with Crippen LogP contribution in [0, 0.1) is 0 Å². The molecule has 0 radical (unpaired) electrons. The molecule has 2 aliphatic rings. The van der Waals surface area contributed by atoms with Gasteiger partial charge in [0.25, 0.3) is 5.91 Å². The van der Waals surface area contributed by atoms with Gasteiger partial charge in [0.1, 0.15) is 5.69 Å². The fourth-order valence-electron chi connectivity index (χ4n) is 3.85. The molecule has 2 aliphatic carbocycles. The maximum absolute atomic E-state index is 13.3. The predicted octanol–water partition coefficient (Wildman–Crippen LogP) is 3.76. The molecule has 0 spiro atoms. The van der Waals surface area contributed by atoms with E-state index < -0.39 is 0 Å². The molecule has 1 atom stereocenters. The molecule has 5 heteroatoms. The van der Waals surface area contributed by atoms with Crippen molar-refractivity contribution in [2.45, 2.75) is 63.6 Å². The zero-order chi connectivity index (χ0) is 16.5. The highest BCUT2D eigenvalue weighted by atomic mass is 16.2. The van der Waals surface area contributed by atoms with E-state index in [1.54, 1.807) is 12.4 Å². The minimum atomic E-state index is 0.0330. The molecule has 2 fully saturated rings. The summed E-state index contributed by atoms with van der Waals surface area (Å²) >= 11 is 0. The van der Waals surface area contributed by atoms with Gasteiger partial charge in [-0.25, -0.2) is 0 Å². The third-order valence-electron chi connectivity index (χ3n) is 5.32. The Labute approximate surface area is 142 Å². The van der Waals surface area contributed by atoms with Gasteiger partial charge in [-0.2, -0.15) is 5.10 Å². The third kappa shape index (κ3) is 2.83. The van der Waals surface area contributed by atoms with E-state index in [1.807, 2.05) is 27.9 Å². The molecule has 2 saturated carbocycles. The number of pyridine rings is 1. The van der Waals surface area contributed by atoms with Crippen molar-refractivity contribution < 1.29 is 4.79 Å². The van der Waals surface area contributed by atoms with Crippen molar-refractivity contribution in [3.05, 3.63) is 48.0 Å². The lowest BCUT2D eigenvalue weighted by Crippen LogP contribution is -2.37. The van der Waals surface area contributed by atoms with Crippen molar-refractivity contribution in [2.24, 2.45) is 0 Å². The lowest BCUT2D eigenvalue weighted by molar-refractivity contribution is 0.0657. The van der Waals surface area contributed by atoms with Crippen molar-refractivity contribution in [3.8, 4) is 0 Å². The van der Waals surface area contributed by atoms with Crippen molar-refractivity contribution in [3.63, 3.8) is 0 Å². The summed E-state index contributed by atoms with van der Waals surface area (Å²) in [5, 5.41) is 4.47. The fourth-order valence-corrected chi connectivity index (χ4v) is 3.85. The molecule has 0 aliphatic heterocycles. The van der Waals surface area contributed by atoms with Crippen molar-refractivity contribution in [1.29, 1.82) is 0 Å². The second-order valence-corrected chi connectivity index (χ2v) is 7.01. The molecule has 2 aromatic rings. The number of rotatable bonds is 5. The molecule has 126 valence electrons. The number of amides is 1. The first-order valence-electron chi connectivity index (χ1n) is 9.02. The van der Waals surface area contributed by atoms with Gasteiger partial charge in [-0.3, -0.25) is 14.5 Å². The summed E-state index contributed by atoms with van der Waals surface area (Å²) in [6.45, 7) is 2.10. The number of hydrogen-bond donors (Lipinski definition) is 0. The number of aromatic nitrogens is 3. The Balaban J connectivity index is 1.62. The van der Waals surface area contributed by atoms with E-state index in [1.165, 1.54) is 12.8 Å². The average Bonchev–Trinajstić information content (AvgIpc) is 3.11. The van der Waals surface area contributed by atoms with Crippen LogP contribution in [-0.2, 0) is 0 Å². The summed E-state index contributed by atoms with van der Waals surface area (Å²) in [5.41, 5.74) is 1.83. The van der Waals surface area contributed by atoms with E-state index in [0.717, 1.165) is 36.9 Å². The monoisotopic (exact) mass is 324 g/mol. The molecule has 5 nitrogen and oxygen atoms in total. The summed E-state index contributed by atoms with van der Waals surface area (Å²) in [6, 6.07) is 6.63. The van der Waals surface area contributed by atoms with Gasteiger partial charge in [-0.05, 0) is 50.3 Å². The molecule has 2 heterocycles. The summed E-state index contributed by atoms with van der Waals surface area (Å²) in [5.74, 6) is 0.109. The van der Waals surface area contributed by atoms with Gasteiger partial charge in [0.05, 0.1) is 12.1 Å². The Hall–Kier alpha value is -2.17. The molecule has 0 unspecified atom stereocenters. The van der Waals surface area contributed by atoms with E-state index in [9.17, 15) is 4.79 Å². The van der Waals surface area contributed by atoms with Crippen LogP contribution in [0.4, 0.5) is 0 Å². The van der Waals surface area contributed by atoms with Crippen molar-refractivity contribution >= 4 is 5.91 Å².